The van der Waals surface area contributed by atoms with Crippen molar-refractivity contribution in [3.8, 4) is 5.75 Å². The Morgan fingerprint density at radius 2 is 1.89 bits per heavy atom. The minimum Gasteiger partial charge on any atom is -0.484 e. The Morgan fingerprint density at radius 1 is 1.11 bits per heavy atom. The molecule has 2 N–H and O–H groups in total. The topological polar surface area (TPSA) is 130 Å². The molecule has 0 radical (unpaired) electrons. The fourth-order valence-electron chi connectivity index (χ4n) is 2.82. The average molecular weight is 503 g/mol. The highest BCUT2D eigenvalue weighted by molar-refractivity contribution is 7.92. The smallest absolute Gasteiger partial charge is 0.260 e. The van der Waals surface area contributed by atoms with E-state index in [2.05, 4.69) is 15.8 Å². The number of hydrogen-bond acceptors (Lipinski definition) is 7. The van der Waals surface area contributed by atoms with Crippen LogP contribution in [0, 0.1) is 5.82 Å². The third-order valence-electron chi connectivity index (χ3n) is 4.48. The lowest BCUT2D eigenvalue weighted by Crippen LogP contribution is -2.39. The number of hydrazone groups is 1. The second kappa shape index (κ2) is 11.8. The largest absolute Gasteiger partial charge is 0.484 e. The average Bonchev–Trinajstić information content (AvgIpc) is 3.34. The fourth-order valence-corrected chi connectivity index (χ4v) is 3.67. The number of anilines is 1. The number of sulfonamides is 1. The zero-order valence-electron chi connectivity index (χ0n) is 18.7. The fraction of sp³-hybridized carbons (Fsp3) is 0.174. The van der Waals surface area contributed by atoms with Crippen molar-refractivity contribution in [2.75, 3.05) is 23.7 Å². The summed E-state index contributed by atoms with van der Waals surface area (Å²) in [4.78, 5) is 24.0. The number of nitrogens with zero attached hydrogens (tertiary/aromatic N) is 2. The molecule has 12 heteroatoms. The standard InChI is InChI=1S/C23H23FN4O6S/c1-35(31,32)28(19-5-2-4-18(24)12-19)15-22(29)27-26-13-17-7-9-20(10-8-17)34-16-23(30)25-14-21-6-3-11-33-21/h2-13H,14-16H2,1H3,(H,25,30)(H,27,29)/b26-13-. The molecule has 10 nitrogen and oxygen atoms in total. The van der Waals surface area contributed by atoms with Gasteiger partial charge in [0, 0.05) is 0 Å². The number of amides is 2. The SMILES string of the molecule is CS(=O)(=O)N(CC(=O)N/N=C\c1ccc(OCC(=O)NCc2ccco2)cc1)c1cccc(F)c1. The van der Waals surface area contributed by atoms with Crippen LogP contribution in [0.5, 0.6) is 5.75 Å². The van der Waals surface area contributed by atoms with Crippen molar-refractivity contribution in [2.24, 2.45) is 5.10 Å². The van der Waals surface area contributed by atoms with Crippen molar-refractivity contribution in [3.63, 3.8) is 0 Å². The van der Waals surface area contributed by atoms with Crippen molar-refractivity contribution in [2.45, 2.75) is 6.54 Å². The molecule has 0 aliphatic carbocycles. The number of ether oxygens (including phenoxy) is 1. The van der Waals surface area contributed by atoms with E-state index >= 15 is 0 Å². The van der Waals surface area contributed by atoms with Gasteiger partial charge in [-0.3, -0.25) is 13.9 Å². The molecule has 0 saturated carbocycles. The quantitative estimate of drug-likeness (QED) is 0.305. The van der Waals surface area contributed by atoms with Gasteiger partial charge < -0.3 is 14.5 Å². The van der Waals surface area contributed by atoms with E-state index in [0.29, 0.717) is 17.1 Å². The van der Waals surface area contributed by atoms with Crippen molar-refractivity contribution in [1.82, 2.24) is 10.7 Å². The maximum Gasteiger partial charge on any atom is 0.260 e. The summed E-state index contributed by atoms with van der Waals surface area (Å²) in [5, 5.41) is 6.47. The Bertz CT molecular complexity index is 1280. The Balaban J connectivity index is 1.47. The maximum atomic E-state index is 13.5. The molecule has 3 rings (SSSR count). The number of hydrogen-bond donors (Lipinski definition) is 2. The molecule has 0 aliphatic rings. The summed E-state index contributed by atoms with van der Waals surface area (Å²) < 4.78 is 48.9. The van der Waals surface area contributed by atoms with E-state index in [-0.39, 0.29) is 24.7 Å². The lowest BCUT2D eigenvalue weighted by atomic mass is 10.2. The van der Waals surface area contributed by atoms with Gasteiger partial charge in [-0.2, -0.15) is 5.10 Å². The Kier molecular flexibility index (Phi) is 8.57. The van der Waals surface area contributed by atoms with E-state index in [4.69, 9.17) is 9.15 Å². The number of nitrogens with one attached hydrogen (secondary N) is 2. The number of rotatable bonds is 11. The second-order valence-corrected chi connectivity index (χ2v) is 9.16. The molecule has 0 unspecified atom stereocenters. The van der Waals surface area contributed by atoms with Crippen LogP contribution in [0.4, 0.5) is 10.1 Å². The van der Waals surface area contributed by atoms with Gasteiger partial charge in [-0.25, -0.2) is 18.2 Å². The van der Waals surface area contributed by atoms with Gasteiger partial charge in [-0.15, -0.1) is 0 Å². The predicted octanol–water partition coefficient (Wildman–Crippen LogP) is 2.03. The Morgan fingerprint density at radius 3 is 2.54 bits per heavy atom. The van der Waals surface area contributed by atoms with Crippen LogP contribution in [0.25, 0.3) is 0 Å². The van der Waals surface area contributed by atoms with Gasteiger partial charge in [0.25, 0.3) is 11.8 Å². The molecule has 0 atom stereocenters. The van der Waals surface area contributed by atoms with Crippen LogP contribution in [0.3, 0.4) is 0 Å². The molecule has 3 aromatic rings. The van der Waals surface area contributed by atoms with Gasteiger partial charge in [0.15, 0.2) is 6.61 Å². The third kappa shape index (κ3) is 8.27. The highest BCUT2D eigenvalue weighted by Crippen LogP contribution is 2.18. The lowest BCUT2D eigenvalue weighted by molar-refractivity contribution is -0.123. The van der Waals surface area contributed by atoms with E-state index in [1.807, 2.05) is 0 Å². The molecule has 0 fully saturated rings. The van der Waals surface area contributed by atoms with Gasteiger partial charge >= 0.3 is 0 Å². The molecular weight excluding hydrogens is 479 g/mol. The van der Waals surface area contributed by atoms with Gasteiger partial charge in [0.1, 0.15) is 23.9 Å². The Labute approximate surface area is 201 Å². The summed E-state index contributed by atoms with van der Waals surface area (Å²) in [5.41, 5.74) is 2.88. The number of carbonyl (C=O) groups excluding carboxylic acids is 2. The molecule has 0 spiro atoms. The third-order valence-corrected chi connectivity index (χ3v) is 5.62. The zero-order valence-corrected chi connectivity index (χ0v) is 19.5. The zero-order chi connectivity index (χ0) is 25.3. The predicted molar refractivity (Wildman–Crippen MR) is 127 cm³/mol. The van der Waals surface area contributed by atoms with E-state index in [9.17, 15) is 22.4 Å². The van der Waals surface area contributed by atoms with Gasteiger partial charge in [0.05, 0.1) is 31.0 Å². The van der Waals surface area contributed by atoms with Crippen LogP contribution in [-0.4, -0.2) is 45.9 Å². The minimum atomic E-state index is -3.83. The monoisotopic (exact) mass is 502 g/mol. The van der Waals surface area contributed by atoms with Crippen molar-refractivity contribution < 1.29 is 31.6 Å². The number of halogens is 1. The first-order valence-corrected chi connectivity index (χ1v) is 12.1. The summed E-state index contributed by atoms with van der Waals surface area (Å²) in [5.74, 6) is -0.561. The van der Waals surface area contributed by atoms with E-state index in [1.54, 1.807) is 36.4 Å². The highest BCUT2D eigenvalue weighted by atomic mass is 32.2. The Hall–Kier alpha value is -4.19. The summed E-state index contributed by atoms with van der Waals surface area (Å²) in [6, 6.07) is 14.9. The first-order valence-electron chi connectivity index (χ1n) is 10.3. The molecule has 2 aromatic carbocycles. The van der Waals surface area contributed by atoms with Crippen LogP contribution < -0.4 is 19.8 Å². The van der Waals surface area contributed by atoms with Crippen LogP contribution in [-0.2, 0) is 26.2 Å². The summed E-state index contributed by atoms with van der Waals surface area (Å²) in [7, 11) is -3.83. The van der Waals surface area contributed by atoms with Crippen LogP contribution >= 0.6 is 0 Å². The van der Waals surface area contributed by atoms with Crippen LogP contribution in [0.2, 0.25) is 0 Å². The van der Waals surface area contributed by atoms with E-state index < -0.39 is 28.3 Å². The van der Waals surface area contributed by atoms with Crippen molar-refractivity contribution in [1.29, 1.82) is 0 Å². The molecule has 0 aliphatic heterocycles. The van der Waals surface area contributed by atoms with Gasteiger partial charge in [0.2, 0.25) is 10.0 Å². The van der Waals surface area contributed by atoms with Gasteiger partial charge in [-0.1, -0.05) is 6.07 Å². The summed E-state index contributed by atoms with van der Waals surface area (Å²) >= 11 is 0. The molecule has 0 bridgehead atoms. The molecule has 1 heterocycles. The molecule has 2 amide bonds. The van der Waals surface area contributed by atoms with E-state index in [1.165, 1.54) is 30.7 Å². The summed E-state index contributed by atoms with van der Waals surface area (Å²) in [6.07, 6.45) is 3.79. The number of carbonyl (C=O) groups is 2. The molecular formula is C23H23FN4O6S. The lowest BCUT2D eigenvalue weighted by Gasteiger charge is -2.21. The molecule has 0 saturated heterocycles. The molecule has 1 aromatic heterocycles. The normalized spacial score (nSPS) is 11.3. The first kappa shape index (κ1) is 25.4. The van der Waals surface area contributed by atoms with E-state index in [0.717, 1.165) is 16.6 Å². The first-order chi connectivity index (χ1) is 16.7. The number of furan rings is 1. The summed E-state index contributed by atoms with van der Waals surface area (Å²) in [6.45, 7) is -0.485. The molecule has 184 valence electrons. The van der Waals surface area contributed by atoms with Crippen LogP contribution in [0.1, 0.15) is 11.3 Å². The highest BCUT2D eigenvalue weighted by Gasteiger charge is 2.21. The van der Waals surface area contributed by atoms with Crippen molar-refractivity contribution >= 4 is 33.7 Å². The minimum absolute atomic E-state index is 0.0249. The van der Waals surface area contributed by atoms with Crippen LogP contribution in [0.15, 0.2) is 76.4 Å². The maximum absolute atomic E-state index is 13.5. The number of benzene rings is 2. The van der Waals surface area contributed by atoms with Crippen molar-refractivity contribution in [3.05, 3.63) is 84.1 Å². The molecule has 35 heavy (non-hydrogen) atoms. The second-order valence-electron chi connectivity index (χ2n) is 7.26. The van der Waals surface area contributed by atoms with Gasteiger partial charge in [-0.05, 0) is 60.2 Å².